The summed E-state index contributed by atoms with van der Waals surface area (Å²) in [6, 6.07) is 6.92. The molecule has 2 rings (SSSR count). The van der Waals surface area contributed by atoms with Gasteiger partial charge in [0.1, 0.15) is 0 Å². The van der Waals surface area contributed by atoms with E-state index in [9.17, 15) is 14.4 Å². The Morgan fingerprint density at radius 3 is 2.46 bits per heavy atom. The quantitative estimate of drug-likeness (QED) is 0.494. The molecule has 0 saturated heterocycles. The number of anilines is 2. The van der Waals surface area contributed by atoms with Gasteiger partial charge in [-0.25, -0.2) is 9.78 Å². The number of hydrogen-bond acceptors (Lipinski definition) is 6. The SMILES string of the molecule is Cc1csc(NC(=O)C(C)Sc2ccc(NC(=O)/C=C/C(=O)O)cc2)n1. The number of carboxylic acid groups (broad SMARTS) is 1. The van der Waals surface area contributed by atoms with Gasteiger partial charge in [0.15, 0.2) is 5.13 Å². The number of amides is 2. The standard InChI is InChI=1S/C17H17N3O4S2/c1-10-9-25-17(18-10)20-16(24)11(2)26-13-5-3-12(4-6-13)19-14(21)7-8-15(22)23/h3-9,11H,1-2H3,(H,19,21)(H,22,23)(H,18,20,24)/b8-7+. The van der Waals surface area contributed by atoms with Crippen molar-refractivity contribution in [3.8, 4) is 0 Å². The van der Waals surface area contributed by atoms with Crippen molar-refractivity contribution in [1.29, 1.82) is 0 Å². The first kappa shape index (κ1) is 19.7. The molecule has 0 aliphatic heterocycles. The molecule has 26 heavy (non-hydrogen) atoms. The number of carboxylic acids is 1. The number of aryl methyl sites for hydroxylation is 1. The summed E-state index contributed by atoms with van der Waals surface area (Å²) in [5.74, 6) is -1.85. The lowest BCUT2D eigenvalue weighted by molar-refractivity contribution is -0.131. The van der Waals surface area contributed by atoms with Crippen LogP contribution in [0.3, 0.4) is 0 Å². The van der Waals surface area contributed by atoms with Crippen LogP contribution < -0.4 is 10.6 Å². The number of thiazole rings is 1. The van der Waals surface area contributed by atoms with E-state index in [4.69, 9.17) is 5.11 Å². The fourth-order valence-electron chi connectivity index (χ4n) is 1.82. The number of nitrogens with zero attached hydrogens (tertiary/aromatic N) is 1. The maximum Gasteiger partial charge on any atom is 0.328 e. The maximum absolute atomic E-state index is 12.2. The summed E-state index contributed by atoms with van der Waals surface area (Å²) < 4.78 is 0. The molecule has 1 aromatic heterocycles. The van der Waals surface area contributed by atoms with E-state index >= 15 is 0 Å². The zero-order valence-electron chi connectivity index (χ0n) is 14.1. The first-order valence-corrected chi connectivity index (χ1v) is 9.31. The lowest BCUT2D eigenvalue weighted by Gasteiger charge is -2.11. The summed E-state index contributed by atoms with van der Waals surface area (Å²) in [5, 5.41) is 15.9. The van der Waals surface area contributed by atoms with Crippen molar-refractivity contribution in [2.24, 2.45) is 0 Å². The van der Waals surface area contributed by atoms with E-state index < -0.39 is 11.9 Å². The Kier molecular flexibility index (Phi) is 6.93. The average Bonchev–Trinajstić information content (AvgIpc) is 2.99. The summed E-state index contributed by atoms with van der Waals surface area (Å²) in [6.07, 6.45) is 1.71. The van der Waals surface area contributed by atoms with Gasteiger partial charge < -0.3 is 15.7 Å². The average molecular weight is 391 g/mol. The Balaban J connectivity index is 1.88. The number of benzene rings is 1. The van der Waals surface area contributed by atoms with Crippen LogP contribution in [-0.4, -0.2) is 33.1 Å². The number of aromatic nitrogens is 1. The molecular weight excluding hydrogens is 374 g/mol. The molecule has 0 saturated carbocycles. The Morgan fingerprint density at radius 2 is 1.88 bits per heavy atom. The van der Waals surface area contributed by atoms with E-state index in [0.29, 0.717) is 10.8 Å². The molecular formula is C17H17N3O4S2. The zero-order chi connectivity index (χ0) is 19.1. The number of thioether (sulfide) groups is 1. The molecule has 1 atom stereocenters. The van der Waals surface area contributed by atoms with E-state index in [1.54, 1.807) is 31.2 Å². The highest BCUT2D eigenvalue weighted by Crippen LogP contribution is 2.26. The van der Waals surface area contributed by atoms with E-state index in [1.165, 1.54) is 23.1 Å². The van der Waals surface area contributed by atoms with Gasteiger partial charge in [0.2, 0.25) is 11.8 Å². The number of aliphatic carboxylic acids is 1. The summed E-state index contributed by atoms with van der Waals surface area (Å²) >= 11 is 2.76. The molecule has 1 unspecified atom stereocenters. The molecule has 1 aromatic carbocycles. The van der Waals surface area contributed by atoms with E-state index in [-0.39, 0.29) is 11.2 Å². The topological polar surface area (TPSA) is 108 Å². The molecule has 0 spiro atoms. The number of rotatable bonds is 7. The normalized spacial score (nSPS) is 11.9. The molecule has 2 aromatic rings. The van der Waals surface area contributed by atoms with Crippen LogP contribution in [0.1, 0.15) is 12.6 Å². The molecule has 1 heterocycles. The van der Waals surface area contributed by atoms with Gasteiger partial charge >= 0.3 is 5.97 Å². The van der Waals surface area contributed by atoms with E-state index in [1.807, 2.05) is 12.3 Å². The maximum atomic E-state index is 12.2. The monoisotopic (exact) mass is 391 g/mol. The van der Waals surface area contributed by atoms with Crippen LogP contribution in [-0.2, 0) is 14.4 Å². The highest BCUT2D eigenvalue weighted by molar-refractivity contribution is 8.00. The smallest absolute Gasteiger partial charge is 0.328 e. The first-order valence-electron chi connectivity index (χ1n) is 7.55. The fourth-order valence-corrected chi connectivity index (χ4v) is 3.38. The summed E-state index contributed by atoms with van der Waals surface area (Å²) in [5.41, 5.74) is 1.39. The molecule has 9 heteroatoms. The number of nitrogens with one attached hydrogen (secondary N) is 2. The van der Waals surface area contributed by atoms with Gasteiger partial charge in [0.05, 0.1) is 10.9 Å². The van der Waals surface area contributed by atoms with Crippen molar-refractivity contribution in [2.45, 2.75) is 24.0 Å². The minimum Gasteiger partial charge on any atom is -0.478 e. The molecule has 0 fully saturated rings. The predicted octanol–water partition coefficient (Wildman–Crippen LogP) is 3.15. The third kappa shape index (κ3) is 6.34. The molecule has 0 aliphatic rings. The second kappa shape index (κ2) is 9.16. The van der Waals surface area contributed by atoms with Gasteiger partial charge in [-0.15, -0.1) is 23.1 Å². The number of hydrogen-bond donors (Lipinski definition) is 3. The van der Waals surface area contributed by atoms with Crippen LogP contribution in [0.4, 0.5) is 10.8 Å². The van der Waals surface area contributed by atoms with Crippen LogP contribution in [0.2, 0.25) is 0 Å². The molecule has 0 bridgehead atoms. The second-order valence-electron chi connectivity index (χ2n) is 5.23. The van der Waals surface area contributed by atoms with Crippen LogP contribution in [0, 0.1) is 6.92 Å². The summed E-state index contributed by atoms with van der Waals surface area (Å²) in [6.45, 7) is 3.66. The van der Waals surface area contributed by atoms with Gasteiger partial charge in [0.25, 0.3) is 0 Å². The molecule has 136 valence electrons. The molecule has 0 radical (unpaired) electrons. The summed E-state index contributed by atoms with van der Waals surface area (Å²) in [7, 11) is 0. The van der Waals surface area contributed by atoms with Crippen molar-refractivity contribution in [2.75, 3.05) is 10.6 Å². The molecule has 2 amide bonds. The van der Waals surface area contributed by atoms with Gasteiger partial charge in [-0.05, 0) is 38.1 Å². The fraction of sp³-hybridized carbons (Fsp3) is 0.176. The summed E-state index contributed by atoms with van der Waals surface area (Å²) in [4.78, 5) is 39.1. The third-order valence-corrected chi connectivity index (χ3v) is 5.02. The van der Waals surface area contributed by atoms with Gasteiger partial charge in [-0.3, -0.25) is 9.59 Å². The number of carbonyl (C=O) groups is 3. The molecule has 3 N–H and O–H groups in total. The first-order chi connectivity index (χ1) is 12.3. The Labute approximate surface area is 158 Å². The largest absolute Gasteiger partial charge is 0.478 e. The Bertz CT molecular complexity index is 831. The van der Waals surface area contributed by atoms with Crippen molar-refractivity contribution < 1.29 is 19.5 Å². The van der Waals surface area contributed by atoms with Crippen LogP contribution in [0.15, 0.2) is 46.7 Å². The van der Waals surface area contributed by atoms with Gasteiger partial charge in [0, 0.05) is 28.1 Å². The van der Waals surface area contributed by atoms with Crippen LogP contribution >= 0.6 is 23.1 Å². The van der Waals surface area contributed by atoms with E-state index in [2.05, 4.69) is 15.6 Å². The van der Waals surface area contributed by atoms with Gasteiger partial charge in [-0.2, -0.15) is 0 Å². The van der Waals surface area contributed by atoms with Crippen molar-refractivity contribution in [3.05, 3.63) is 47.5 Å². The zero-order valence-corrected chi connectivity index (χ0v) is 15.7. The van der Waals surface area contributed by atoms with Crippen molar-refractivity contribution in [1.82, 2.24) is 4.98 Å². The number of carbonyl (C=O) groups excluding carboxylic acids is 2. The highest BCUT2D eigenvalue weighted by atomic mass is 32.2. The van der Waals surface area contributed by atoms with Crippen LogP contribution in [0.5, 0.6) is 0 Å². The minimum absolute atomic E-state index is 0.138. The van der Waals surface area contributed by atoms with Crippen molar-refractivity contribution in [3.63, 3.8) is 0 Å². The lowest BCUT2D eigenvalue weighted by atomic mass is 10.3. The second-order valence-corrected chi connectivity index (χ2v) is 7.50. The van der Waals surface area contributed by atoms with Crippen molar-refractivity contribution >= 4 is 51.7 Å². The predicted molar refractivity (Wildman–Crippen MR) is 103 cm³/mol. The highest BCUT2D eigenvalue weighted by Gasteiger charge is 2.16. The Morgan fingerprint density at radius 1 is 1.19 bits per heavy atom. The molecule has 7 nitrogen and oxygen atoms in total. The van der Waals surface area contributed by atoms with E-state index in [0.717, 1.165) is 22.7 Å². The minimum atomic E-state index is -1.19. The lowest BCUT2D eigenvalue weighted by Crippen LogP contribution is -2.22. The van der Waals surface area contributed by atoms with Crippen LogP contribution in [0.25, 0.3) is 0 Å². The molecule has 0 aliphatic carbocycles. The van der Waals surface area contributed by atoms with Gasteiger partial charge in [-0.1, -0.05) is 0 Å². The Hall–Kier alpha value is -2.65. The third-order valence-electron chi connectivity index (χ3n) is 3.03.